The molecule has 1 N–H and O–H groups in total. The molecule has 1 aromatic heterocycles. The van der Waals surface area contributed by atoms with Crippen LogP contribution in [0.3, 0.4) is 0 Å². The molecule has 19 heavy (non-hydrogen) atoms. The maximum atomic E-state index is 3.57. The molecule has 1 atom stereocenters. The molecule has 2 nitrogen and oxygen atoms in total. The lowest BCUT2D eigenvalue weighted by molar-refractivity contribution is 0.649. The molecule has 0 spiro atoms. The maximum absolute atomic E-state index is 3.57. The molecule has 0 aliphatic heterocycles. The highest BCUT2D eigenvalue weighted by atomic mass is 79.9. The molecule has 0 aliphatic rings. The SMILES string of the molecule is CNC(C)c1ccc(Br)cc1N(C)Cc1ccsc1. The first kappa shape index (κ1) is 14.6. The second-order valence-corrected chi connectivity index (χ2v) is 6.40. The van der Waals surface area contributed by atoms with Crippen molar-refractivity contribution in [2.45, 2.75) is 19.5 Å². The standard InChI is InChI=1S/C15H19BrN2S/c1-11(17-2)14-5-4-13(16)8-15(14)18(3)9-12-6-7-19-10-12/h4-8,10-11,17H,9H2,1-3H3. The highest BCUT2D eigenvalue weighted by molar-refractivity contribution is 9.10. The first-order valence-corrected chi connectivity index (χ1v) is 8.04. The van der Waals surface area contributed by atoms with Gasteiger partial charge in [0.05, 0.1) is 0 Å². The van der Waals surface area contributed by atoms with Gasteiger partial charge in [-0.25, -0.2) is 0 Å². The van der Waals surface area contributed by atoms with Crippen LogP contribution in [0.4, 0.5) is 5.69 Å². The normalized spacial score (nSPS) is 12.4. The summed E-state index contributed by atoms with van der Waals surface area (Å²) < 4.78 is 1.12. The Bertz CT molecular complexity index is 525. The van der Waals surface area contributed by atoms with Gasteiger partial charge < -0.3 is 10.2 Å². The number of rotatable bonds is 5. The number of thiophene rings is 1. The zero-order chi connectivity index (χ0) is 13.8. The summed E-state index contributed by atoms with van der Waals surface area (Å²) in [5, 5.41) is 7.65. The maximum Gasteiger partial charge on any atom is 0.0434 e. The van der Waals surface area contributed by atoms with Crippen LogP contribution in [-0.2, 0) is 6.54 Å². The van der Waals surface area contributed by atoms with Crippen molar-refractivity contribution in [2.75, 3.05) is 19.0 Å². The molecule has 0 aliphatic carbocycles. The first-order chi connectivity index (χ1) is 9.11. The summed E-state index contributed by atoms with van der Waals surface area (Å²) in [5.41, 5.74) is 3.95. The van der Waals surface area contributed by atoms with Crippen LogP contribution in [-0.4, -0.2) is 14.1 Å². The van der Waals surface area contributed by atoms with Crippen LogP contribution in [0.15, 0.2) is 39.5 Å². The molecule has 2 aromatic rings. The molecule has 2 rings (SSSR count). The lowest BCUT2D eigenvalue weighted by Gasteiger charge is -2.25. The van der Waals surface area contributed by atoms with E-state index in [1.165, 1.54) is 16.8 Å². The van der Waals surface area contributed by atoms with Crippen LogP contribution in [0.2, 0.25) is 0 Å². The fourth-order valence-corrected chi connectivity index (χ4v) is 3.12. The van der Waals surface area contributed by atoms with Gasteiger partial charge in [0.2, 0.25) is 0 Å². The molecule has 0 fully saturated rings. The van der Waals surface area contributed by atoms with E-state index in [1.807, 2.05) is 7.05 Å². The highest BCUT2D eigenvalue weighted by Crippen LogP contribution is 2.30. The van der Waals surface area contributed by atoms with E-state index in [0.717, 1.165) is 11.0 Å². The fourth-order valence-electron chi connectivity index (χ4n) is 2.11. The Morgan fingerprint density at radius 3 is 2.79 bits per heavy atom. The van der Waals surface area contributed by atoms with Crippen molar-refractivity contribution in [1.29, 1.82) is 0 Å². The average molecular weight is 339 g/mol. The Morgan fingerprint density at radius 1 is 1.37 bits per heavy atom. The van der Waals surface area contributed by atoms with Gasteiger partial charge in [-0.1, -0.05) is 22.0 Å². The van der Waals surface area contributed by atoms with Crippen LogP contribution >= 0.6 is 27.3 Å². The summed E-state index contributed by atoms with van der Waals surface area (Å²) >= 11 is 5.32. The smallest absolute Gasteiger partial charge is 0.0434 e. The van der Waals surface area contributed by atoms with Gasteiger partial charge in [-0.3, -0.25) is 0 Å². The number of benzene rings is 1. The second-order valence-electron chi connectivity index (χ2n) is 4.70. The largest absolute Gasteiger partial charge is 0.370 e. The second kappa shape index (κ2) is 6.55. The number of halogens is 1. The Balaban J connectivity index is 2.28. The van der Waals surface area contributed by atoms with Crippen molar-refractivity contribution in [1.82, 2.24) is 5.32 Å². The molecule has 0 saturated carbocycles. The van der Waals surface area contributed by atoms with E-state index < -0.39 is 0 Å². The number of anilines is 1. The van der Waals surface area contributed by atoms with Gasteiger partial charge in [0, 0.05) is 29.8 Å². The molecule has 0 radical (unpaired) electrons. The minimum Gasteiger partial charge on any atom is -0.370 e. The zero-order valence-corrected chi connectivity index (χ0v) is 13.9. The third-order valence-corrected chi connectivity index (χ3v) is 4.53. The van der Waals surface area contributed by atoms with Crippen molar-refractivity contribution in [2.24, 2.45) is 0 Å². The molecule has 0 amide bonds. The van der Waals surface area contributed by atoms with Crippen LogP contribution in [0, 0.1) is 0 Å². The predicted octanol–water partition coefficient (Wildman–Crippen LogP) is 4.43. The molecule has 4 heteroatoms. The van der Waals surface area contributed by atoms with Crippen LogP contribution in [0.25, 0.3) is 0 Å². The molecular formula is C15H19BrN2S. The quantitative estimate of drug-likeness (QED) is 0.867. The minimum absolute atomic E-state index is 0.341. The summed E-state index contributed by atoms with van der Waals surface area (Å²) in [4.78, 5) is 2.30. The summed E-state index contributed by atoms with van der Waals surface area (Å²) in [6, 6.07) is 9.00. The topological polar surface area (TPSA) is 15.3 Å². The van der Waals surface area contributed by atoms with Gasteiger partial charge in [-0.2, -0.15) is 11.3 Å². The molecule has 1 heterocycles. The minimum atomic E-state index is 0.341. The Labute approximate surface area is 127 Å². The van der Waals surface area contributed by atoms with Crippen molar-refractivity contribution in [3.63, 3.8) is 0 Å². The third-order valence-electron chi connectivity index (χ3n) is 3.30. The molecular weight excluding hydrogens is 320 g/mol. The molecule has 102 valence electrons. The van der Waals surface area contributed by atoms with Gasteiger partial charge in [-0.05, 0) is 54.1 Å². The van der Waals surface area contributed by atoms with Crippen LogP contribution < -0.4 is 10.2 Å². The highest BCUT2D eigenvalue weighted by Gasteiger charge is 2.13. The van der Waals surface area contributed by atoms with Crippen molar-refractivity contribution in [3.05, 3.63) is 50.6 Å². The van der Waals surface area contributed by atoms with Gasteiger partial charge in [0.1, 0.15) is 0 Å². The number of hydrogen-bond donors (Lipinski definition) is 1. The van der Waals surface area contributed by atoms with Crippen molar-refractivity contribution < 1.29 is 0 Å². The Hall–Kier alpha value is -0.840. The first-order valence-electron chi connectivity index (χ1n) is 6.30. The molecule has 1 unspecified atom stereocenters. The van der Waals surface area contributed by atoms with Gasteiger partial charge >= 0.3 is 0 Å². The number of nitrogens with zero attached hydrogens (tertiary/aromatic N) is 1. The average Bonchev–Trinajstić information content (AvgIpc) is 2.90. The summed E-state index contributed by atoms with van der Waals surface area (Å²) in [5.74, 6) is 0. The van der Waals surface area contributed by atoms with E-state index in [4.69, 9.17) is 0 Å². The van der Waals surface area contributed by atoms with E-state index in [9.17, 15) is 0 Å². The lowest BCUT2D eigenvalue weighted by atomic mass is 10.1. The summed E-state index contributed by atoms with van der Waals surface area (Å²) in [6.07, 6.45) is 0. The molecule has 0 bridgehead atoms. The van der Waals surface area contributed by atoms with E-state index in [0.29, 0.717) is 6.04 Å². The molecule has 0 saturated heterocycles. The van der Waals surface area contributed by atoms with E-state index in [-0.39, 0.29) is 0 Å². The fraction of sp³-hybridized carbons (Fsp3) is 0.333. The Kier molecular flexibility index (Phi) is 5.02. The number of nitrogens with one attached hydrogen (secondary N) is 1. The number of hydrogen-bond acceptors (Lipinski definition) is 3. The third kappa shape index (κ3) is 3.59. The van der Waals surface area contributed by atoms with E-state index in [1.54, 1.807) is 11.3 Å². The summed E-state index contributed by atoms with van der Waals surface area (Å²) in [6.45, 7) is 3.12. The van der Waals surface area contributed by atoms with E-state index >= 15 is 0 Å². The van der Waals surface area contributed by atoms with Crippen molar-refractivity contribution >= 4 is 33.0 Å². The molecule has 1 aromatic carbocycles. The van der Waals surface area contributed by atoms with Crippen LogP contribution in [0.5, 0.6) is 0 Å². The lowest BCUT2D eigenvalue weighted by Crippen LogP contribution is -2.21. The monoisotopic (exact) mass is 338 g/mol. The predicted molar refractivity (Wildman–Crippen MR) is 88.0 cm³/mol. The summed E-state index contributed by atoms with van der Waals surface area (Å²) in [7, 11) is 4.14. The van der Waals surface area contributed by atoms with Crippen LogP contribution in [0.1, 0.15) is 24.1 Å². The van der Waals surface area contributed by atoms with Gasteiger partial charge in [0.15, 0.2) is 0 Å². The van der Waals surface area contributed by atoms with Gasteiger partial charge in [-0.15, -0.1) is 0 Å². The van der Waals surface area contributed by atoms with Crippen molar-refractivity contribution in [3.8, 4) is 0 Å². The zero-order valence-electron chi connectivity index (χ0n) is 11.5. The Morgan fingerprint density at radius 2 is 2.16 bits per heavy atom. The van der Waals surface area contributed by atoms with E-state index in [2.05, 4.69) is 75.1 Å². The van der Waals surface area contributed by atoms with Gasteiger partial charge in [0.25, 0.3) is 0 Å².